The van der Waals surface area contributed by atoms with Gasteiger partial charge in [-0.1, -0.05) is 11.3 Å². The summed E-state index contributed by atoms with van der Waals surface area (Å²) >= 11 is 1.15. The number of rotatable bonds is 5. The van der Waals surface area contributed by atoms with Crippen molar-refractivity contribution in [3.8, 4) is 0 Å². The highest BCUT2D eigenvalue weighted by atomic mass is 32.1. The van der Waals surface area contributed by atoms with E-state index in [1.54, 1.807) is 7.05 Å². The largest absolute Gasteiger partial charge is 0.416 e. The van der Waals surface area contributed by atoms with E-state index in [0.29, 0.717) is 18.2 Å². The molecule has 1 aromatic carbocycles. The Kier molecular flexibility index (Phi) is 6.55. The molecule has 3 aromatic rings. The minimum atomic E-state index is -4.47. The number of carbonyl (C=O) groups is 2. The van der Waals surface area contributed by atoms with Crippen LogP contribution in [0.2, 0.25) is 0 Å². The summed E-state index contributed by atoms with van der Waals surface area (Å²) in [5, 5.41) is 5.71. The molecule has 0 bridgehead atoms. The van der Waals surface area contributed by atoms with Crippen LogP contribution < -0.4 is 21.1 Å². The molecule has 1 fully saturated rings. The molecule has 0 radical (unpaired) electrons. The van der Waals surface area contributed by atoms with E-state index in [0.717, 1.165) is 53.0 Å². The zero-order valence-electron chi connectivity index (χ0n) is 18.1. The van der Waals surface area contributed by atoms with Gasteiger partial charge in [-0.2, -0.15) is 18.2 Å². The number of halogens is 3. The predicted molar refractivity (Wildman–Crippen MR) is 121 cm³/mol. The van der Waals surface area contributed by atoms with Crippen LogP contribution in [0.5, 0.6) is 0 Å². The van der Waals surface area contributed by atoms with E-state index in [2.05, 4.69) is 20.6 Å². The van der Waals surface area contributed by atoms with Crippen molar-refractivity contribution >= 4 is 44.3 Å². The summed E-state index contributed by atoms with van der Waals surface area (Å²) in [7, 11) is 1.60. The highest BCUT2D eigenvalue weighted by molar-refractivity contribution is 7.22. The Morgan fingerprint density at radius 3 is 2.65 bits per heavy atom. The first-order chi connectivity index (χ1) is 16.2. The molecule has 2 aromatic heterocycles. The third kappa shape index (κ3) is 5.03. The monoisotopic (exact) mass is 494 g/mol. The van der Waals surface area contributed by atoms with E-state index in [1.165, 1.54) is 6.33 Å². The molecule has 1 saturated heterocycles. The number of carbonyl (C=O) groups excluding carboxylic acids is 2. The maximum atomic E-state index is 12.9. The summed E-state index contributed by atoms with van der Waals surface area (Å²) < 4.78 is 39.4. The van der Waals surface area contributed by atoms with Crippen molar-refractivity contribution < 1.29 is 22.8 Å². The van der Waals surface area contributed by atoms with Crippen LogP contribution >= 0.6 is 11.3 Å². The SMILES string of the molecule is CNC(=O)[C@H]1CCCN(c2nc3ncn(CC(=O)Nc4ccc(C(F)(F)F)cc4)c(=O)c3s2)C1. The van der Waals surface area contributed by atoms with Gasteiger partial charge in [0.05, 0.1) is 11.5 Å². The van der Waals surface area contributed by atoms with E-state index in [-0.39, 0.29) is 34.4 Å². The topological polar surface area (TPSA) is 109 Å². The number of nitrogens with zero attached hydrogens (tertiary/aromatic N) is 4. The molecular formula is C21H21F3N6O3S. The van der Waals surface area contributed by atoms with E-state index in [1.807, 2.05) is 4.90 Å². The third-order valence-electron chi connectivity index (χ3n) is 5.49. The zero-order valence-corrected chi connectivity index (χ0v) is 18.9. The number of piperidine rings is 1. The summed E-state index contributed by atoms with van der Waals surface area (Å²) in [5.41, 5.74) is -0.841. The smallest absolute Gasteiger partial charge is 0.359 e. The summed E-state index contributed by atoms with van der Waals surface area (Å²) in [6, 6.07) is 4.02. The fourth-order valence-corrected chi connectivity index (χ4v) is 4.75. The summed E-state index contributed by atoms with van der Waals surface area (Å²) in [6.07, 6.45) is -1.66. The number of nitrogens with one attached hydrogen (secondary N) is 2. The van der Waals surface area contributed by atoms with Crippen molar-refractivity contribution in [3.63, 3.8) is 0 Å². The molecule has 4 rings (SSSR count). The quantitative estimate of drug-likeness (QED) is 0.564. The molecule has 1 atom stereocenters. The predicted octanol–water partition coefficient (Wildman–Crippen LogP) is 2.47. The zero-order chi connectivity index (χ0) is 24.5. The number of fused-ring (bicyclic) bond motifs is 1. The Morgan fingerprint density at radius 2 is 1.97 bits per heavy atom. The van der Waals surface area contributed by atoms with Gasteiger partial charge in [-0.3, -0.25) is 19.0 Å². The van der Waals surface area contributed by atoms with Gasteiger partial charge >= 0.3 is 6.18 Å². The molecule has 2 N–H and O–H groups in total. The fourth-order valence-electron chi connectivity index (χ4n) is 3.75. The van der Waals surface area contributed by atoms with Crippen LogP contribution in [0.25, 0.3) is 10.3 Å². The lowest BCUT2D eigenvalue weighted by molar-refractivity contribution is -0.137. The van der Waals surface area contributed by atoms with E-state index in [9.17, 15) is 27.6 Å². The van der Waals surface area contributed by atoms with Gasteiger partial charge in [0.15, 0.2) is 10.8 Å². The number of anilines is 2. The maximum Gasteiger partial charge on any atom is 0.416 e. The Labute approximate surface area is 195 Å². The summed E-state index contributed by atoms with van der Waals surface area (Å²) in [5.74, 6) is -0.785. The molecule has 0 spiro atoms. The minimum Gasteiger partial charge on any atom is -0.359 e. The second-order valence-corrected chi connectivity index (χ2v) is 8.83. The Morgan fingerprint density at radius 1 is 1.24 bits per heavy atom. The highest BCUT2D eigenvalue weighted by Crippen LogP contribution is 2.30. The Bertz CT molecular complexity index is 1270. The van der Waals surface area contributed by atoms with Crippen molar-refractivity contribution in [3.05, 3.63) is 46.5 Å². The number of hydrogen-bond acceptors (Lipinski definition) is 7. The minimum absolute atomic E-state index is 0.0367. The highest BCUT2D eigenvalue weighted by Gasteiger charge is 2.30. The number of benzene rings is 1. The van der Waals surface area contributed by atoms with Crippen LogP contribution in [0.1, 0.15) is 18.4 Å². The molecule has 0 saturated carbocycles. The fraction of sp³-hybridized carbons (Fsp3) is 0.381. The van der Waals surface area contributed by atoms with Crippen LogP contribution in [0.15, 0.2) is 35.4 Å². The summed E-state index contributed by atoms with van der Waals surface area (Å²) in [4.78, 5) is 47.8. The molecule has 1 aliphatic rings. The maximum absolute atomic E-state index is 12.9. The molecule has 0 aliphatic carbocycles. The molecule has 3 heterocycles. The lowest BCUT2D eigenvalue weighted by atomic mass is 9.98. The lowest BCUT2D eigenvalue weighted by Crippen LogP contribution is -2.42. The van der Waals surface area contributed by atoms with Gasteiger partial charge in [-0.05, 0) is 37.1 Å². The standard InChI is InChI=1S/C21H21F3N6O3S/c1-25-18(32)12-3-2-8-29(9-12)20-28-17-16(34-20)19(33)30(11-26-17)10-15(31)27-14-6-4-13(5-7-14)21(22,23)24/h4-7,11-12H,2-3,8-10H2,1H3,(H,25,32)(H,27,31)/t12-/m0/s1. The average molecular weight is 494 g/mol. The first-order valence-corrected chi connectivity index (χ1v) is 11.3. The van der Waals surface area contributed by atoms with E-state index >= 15 is 0 Å². The van der Waals surface area contributed by atoms with Gasteiger partial charge in [0.2, 0.25) is 11.8 Å². The van der Waals surface area contributed by atoms with Crippen molar-refractivity contribution in [2.45, 2.75) is 25.6 Å². The van der Waals surface area contributed by atoms with Crippen LogP contribution in [-0.4, -0.2) is 46.5 Å². The molecule has 2 amide bonds. The second-order valence-electron chi connectivity index (χ2n) is 7.85. The van der Waals surface area contributed by atoms with E-state index in [4.69, 9.17) is 0 Å². The number of thiazole rings is 1. The molecule has 0 unspecified atom stereocenters. The Hall–Kier alpha value is -3.48. The number of amides is 2. The summed E-state index contributed by atoms with van der Waals surface area (Å²) in [6.45, 7) is 0.832. The molecule has 1 aliphatic heterocycles. The third-order valence-corrected chi connectivity index (χ3v) is 6.58. The molecule has 34 heavy (non-hydrogen) atoms. The van der Waals surface area contributed by atoms with Crippen molar-refractivity contribution in [1.29, 1.82) is 0 Å². The van der Waals surface area contributed by atoms with Gasteiger partial charge in [0.1, 0.15) is 17.6 Å². The molecular weight excluding hydrogens is 473 g/mol. The van der Waals surface area contributed by atoms with Crippen LogP contribution in [-0.2, 0) is 22.3 Å². The lowest BCUT2D eigenvalue weighted by Gasteiger charge is -2.31. The van der Waals surface area contributed by atoms with Gasteiger partial charge in [-0.25, -0.2) is 4.98 Å². The van der Waals surface area contributed by atoms with Gasteiger partial charge in [0.25, 0.3) is 5.56 Å². The van der Waals surface area contributed by atoms with Gasteiger partial charge in [-0.15, -0.1) is 0 Å². The van der Waals surface area contributed by atoms with Gasteiger partial charge in [0, 0.05) is 25.8 Å². The van der Waals surface area contributed by atoms with E-state index < -0.39 is 23.2 Å². The second kappa shape index (κ2) is 9.41. The van der Waals surface area contributed by atoms with Crippen LogP contribution in [0.3, 0.4) is 0 Å². The number of hydrogen-bond donors (Lipinski definition) is 2. The first kappa shape index (κ1) is 23.7. The normalized spacial score (nSPS) is 16.5. The average Bonchev–Trinajstić information content (AvgIpc) is 3.25. The first-order valence-electron chi connectivity index (χ1n) is 10.5. The molecule has 13 heteroatoms. The van der Waals surface area contributed by atoms with Crippen LogP contribution in [0.4, 0.5) is 24.0 Å². The van der Waals surface area contributed by atoms with Crippen LogP contribution in [0, 0.1) is 5.92 Å². The number of alkyl halides is 3. The van der Waals surface area contributed by atoms with Crippen molar-refractivity contribution in [1.82, 2.24) is 19.9 Å². The van der Waals surface area contributed by atoms with Gasteiger partial charge < -0.3 is 15.5 Å². The number of aromatic nitrogens is 3. The molecule has 180 valence electrons. The molecule has 9 nitrogen and oxygen atoms in total. The van der Waals surface area contributed by atoms with Crippen molar-refractivity contribution in [2.75, 3.05) is 30.4 Å². The van der Waals surface area contributed by atoms with Crippen molar-refractivity contribution in [2.24, 2.45) is 5.92 Å². The Balaban J connectivity index is 1.48.